The van der Waals surface area contributed by atoms with Gasteiger partial charge in [0.15, 0.2) is 0 Å². The lowest BCUT2D eigenvalue weighted by Crippen LogP contribution is -2.36. The number of pyridine rings is 1. The van der Waals surface area contributed by atoms with E-state index in [1.54, 1.807) is 30.3 Å². The summed E-state index contributed by atoms with van der Waals surface area (Å²) in [7, 11) is -3.90. The third kappa shape index (κ3) is 4.00. The number of hydrogen-bond acceptors (Lipinski definition) is 6. The molecule has 4 rings (SSSR count). The highest BCUT2D eigenvalue weighted by Crippen LogP contribution is 2.37. The van der Waals surface area contributed by atoms with Crippen LogP contribution in [0.1, 0.15) is 35.7 Å². The van der Waals surface area contributed by atoms with E-state index in [4.69, 9.17) is 0 Å². The molecular formula is C23H24N2O5S. The predicted molar refractivity (Wildman–Crippen MR) is 117 cm³/mol. The molecule has 0 saturated carbocycles. The highest BCUT2D eigenvalue weighted by Gasteiger charge is 2.29. The molecule has 1 aliphatic heterocycles. The van der Waals surface area contributed by atoms with E-state index >= 15 is 0 Å². The van der Waals surface area contributed by atoms with Gasteiger partial charge in [0, 0.05) is 24.7 Å². The van der Waals surface area contributed by atoms with Gasteiger partial charge in [-0.05, 0) is 55.2 Å². The summed E-state index contributed by atoms with van der Waals surface area (Å²) >= 11 is 0. The Labute approximate surface area is 180 Å². The summed E-state index contributed by atoms with van der Waals surface area (Å²) in [6.07, 6.45) is 2.74. The van der Waals surface area contributed by atoms with Crippen LogP contribution in [0, 0.1) is 0 Å². The van der Waals surface area contributed by atoms with Crippen molar-refractivity contribution in [2.75, 3.05) is 18.0 Å². The summed E-state index contributed by atoms with van der Waals surface area (Å²) in [5.74, 6) is -1.09. The van der Waals surface area contributed by atoms with Crippen LogP contribution in [-0.2, 0) is 16.3 Å². The second-order valence-electron chi connectivity index (χ2n) is 7.73. The van der Waals surface area contributed by atoms with Crippen LogP contribution in [0.2, 0.25) is 0 Å². The number of nitrogens with zero attached hydrogens (tertiary/aromatic N) is 2. The third-order valence-electron chi connectivity index (χ3n) is 5.77. The van der Waals surface area contributed by atoms with Crippen molar-refractivity contribution in [1.82, 2.24) is 4.98 Å². The second-order valence-corrected chi connectivity index (χ2v) is 9.65. The van der Waals surface area contributed by atoms with E-state index in [2.05, 4.69) is 4.98 Å². The van der Waals surface area contributed by atoms with Gasteiger partial charge in [-0.1, -0.05) is 19.1 Å². The number of hydrogen-bond donors (Lipinski definition) is 2. The first kappa shape index (κ1) is 21.3. The van der Waals surface area contributed by atoms with Crippen LogP contribution in [0.15, 0.2) is 58.5 Å². The number of carboxylic acid groups (broad SMARTS) is 1. The Morgan fingerprint density at radius 1 is 1.13 bits per heavy atom. The normalized spacial score (nSPS) is 15.4. The number of piperidine rings is 1. The van der Waals surface area contributed by atoms with Crippen LogP contribution in [-0.4, -0.2) is 48.8 Å². The number of carbonyl (C=O) groups is 1. The molecule has 1 aromatic heterocycles. The van der Waals surface area contributed by atoms with Crippen molar-refractivity contribution in [3.05, 3.63) is 59.8 Å². The van der Waals surface area contributed by atoms with E-state index in [0.29, 0.717) is 42.5 Å². The second kappa shape index (κ2) is 8.28. The van der Waals surface area contributed by atoms with E-state index < -0.39 is 21.9 Å². The molecule has 2 heterocycles. The highest BCUT2D eigenvalue weighted by atomic mass is 32.2. The summed E-state index contributed by atoms with van der Waals surface area (Å²) in [6, 6.07) is 11.3. The van der Waals surface area contributed by atoms with Gasteiger partial charge < -0.3 is 15.1 Å². The number of aromatic nitrogens is 1. The zero-order valence-electron chi connectivity index (χ0n) is 17.2. The average Bonchev–Trinajstić information content (AvgIpc) is 2.78. The Morgan fingerprint density at radius 2 is 1.81 bits per heavy atom. The maximum atomic E-state index is 13.6. The molecule has 1 fully saturated rings. The number of carboxylic acids is 1. The molecule has 0 unspecified atom stereocenters. The molecule has 0 bridgehead atoms. The van der Waals surface area contributed by atoms with Crippen LogP contribution in [0.4, 0.5) is 5.69 Å². The van der Waals surface area contributed by atoms with Gasteiger partial charge in [-0.2, -0.15) is 0 Å². The van der Waals surface area contributed by atoms with Gasteiger partial charge in [0.25, 0.3) is 0 Å². The van der Waals surface area contributed by atoms with Crippen molar-refractivity contribution >= 4 is 32.4 Å². The lowest BCUT2D eigenvalue weighted by molar-refractivity contribution is 0.0697. The first-order valence-electron chi connectivity index (χ1n) is 10.2. The zero-order valence-corrected chi connectivity index (χ0v) is 18.0. The number of aromatic carboxylic acids is 1. The molecule has 2 aromatic carbocycles. The summed E-state index contributed by atoms with van der Waals surface area (Å²) in [5.41, 5.74) is 2.06. The van der Waals surface area contributed by atoms with Crippen molar-refractivity contribution in [3.63, 3.8) is 0 Å². The van der Waals surface area contributed by atoms with Gasteiger partial charge in [0.1, 0.15) is 4.90 Å². The minimum atomic E-state index is -3.90. The number of sulfone groups is 1. The fourth-order valence-electron chi connectivity index (χ4n) is 3.94. The number of anilines is 1. The maximum Gasteiger partial charge on any atom is 0.335 e. The quantitative estimate of drug-likeness (QED) is 0.627. The average molecular weight is 441 g/mol. The number of benzene rings is 2. The monoisotopic (exact) mass is 440 g/mol. The highest BCUT2D eigenvalue weighted by molar-refractivity contribution is 7.91. The topological polar surface area (TPSA) is 108 Å². The van der Waals surface area contributed by atoms with Crippen LogP contribution in [0.3, 0.4) is 0 Å². The molecule has 1 aliphatic rings. The smallest absolute Gasteiger partial charge is 0.335 e. The van der Waals surface area contributed by atoms with Crippen LogP contribution in [0.25, 0.3) is 10.9 Å². The summed E-state index contributed by atoms with van der Waals surface area (Å²) in [6.45, 7) is 2.93. The van der Waals surface area contributed by atoms with Crippen molar-refractivity contribution in [2.24, 2.45) is 0 Å². The minimum absolute atomic E-state index is 0.0446. The van der Waals surface area contributed by atoms with Crippen LogP contribution >= 0.6 is 0 Å². The van der Waals surface area contributed by atoms with Gasteiger partial charge in [-0.25, -0.2) is 13.2 Å². The number of aliphatic hydroxyl groups excluding tert-OH is 1. The van der Waals surface area contributed by atoms with Gasteiger partial charge >= 0.3 is 5.97 Å². The van der Waals surface area contributed by atoms with Gasteiger partial charge in [-0.3, -0.25) is 4.98 Å². The number of fused-ring (bicyclic) bond motifs is 1. The van der Waals surface area contributed by atoms with Crippen molar-refractivity contribution in [3.8, 4) is 0 Å². The number of rotatable bonds is 5. The molecule has 31 heavy (non-hydrogen) atoms. The Bertz CT molecular complexity index is 1230. The molecule has 8 heteroatoms. The Morgan fingerprint density at radius 3 is 2.42 bits per heavy atom. The SMILES string of the molecule is CCc1ccc(S(=O)(=O)c2cnc3ccc(C(=O)O)cc3c2N2CCC(O)CC2)cc1. The first-order valence-corrected chi connectivity index (χ1v) is 11.7. The maximum absolute atomic E-state index is 13.6. The number of aliphatic hydroxyl groups is 1. The molecule has 0 spiro atoms. The molecule has 162 valence electrons. The molecule has 0 radical (unpaired) electrons. The molecule has 0 amide bonds. The minimum Gasteiger partial charge on any atom is -0.478 e. The van der Waals surface area contributed by atoms with Gasteiger partial charge in [0.05, 0.1) is 27.8 Å². The summed E-state index contributed by atoms with van der Waals surface area (Å²) in [4.78, 5) is 18.0. The fraction of sp³-hybridized carbons (Fsp3) is 0.304. The fourth-order valence-corrected chi connectivity index (χ4v) is 5.37. The Balaban J connectivity index is 1.95. The number of aryl methyl sites for hydroxylation is 1. The molecule has 1 saturated heterocycles. The van der Waals surface area contributed by atoms with E-state index in [9.17, 15) is 23.4 Å². The molecule has 2 N–H and O–H groups in total. The molecule has 3 aromatic rings. The lowest BCUT2D eigenvalue weighted by atomic mass is 10.0. The van der Waals surface area contributed by atoms with Gasteiger partial charge in [-0.15, -0.1) is 0 Å². The van der Waals surface area contributed by atoms with E-state index in [-0.39, 0.29) is 15.4 Å². The largest absolute Gasteiger partial charge is 0.478 e. The summed E-state index contributed by atoms with van der Waals surface area (Å²) < 4.78 is 27.2. The van der Waals surface area contributed by atoms with E-state index in [0.717, 1.165) is 12.0 Å². The van der Waals surface area contributed by atoms with Gasteiger partial charge in [0.2, 0.25) is 9.84 Å². The molecule has 0 atom stereocenters. The van der Waals surface area contributed by atoms with E-state index in [1.165, 1.54) is 18.3 Å². The molecular weight excluding hydrogens is 416 g/mol. The van der Waals surface area contributed by atoms with Crippen LogP contribution < -0.4 is 4.90 Å². The first-order chi connectivity index (χ1) is 14.8. The lowest BCUT2D eigenvalue weighted by Gasteiger charge is -2.33. The Kier molecular flexibility index (Phi) is 5.68. The van der Waals surface area contributed by atoms with Crippen molar-refractivity contribution in [1.29, 1.82) is 0 Å². The van der Waals surface area contributed by atoms with Crippen LogP contribution in [0.5, 0.6) is 0 Å². The van der Waals surface area contributed by atoms with Crippen molar-refractivity contribution < 1.29 is 23.4 Å². The standard InChI is InChI=1S/C23H24N2O5S/c1-2-15-3-6-18(7-4-15)31(29,30)21-14-24-20-8-5-16(23(27)28)13-19(20)22(21)25-11-9-17(26)10-12-25/h3-8,13-14,17,26H,2,9-12H2,1H3,(H,27,28). The third-order valence-corrected chi connectivity index (χ3v) is 7.54. The van der Waals surface area contributed by atoms with Crippen molar-refractivity contribution in [2.45, 2.75) is 42.1 Å². The molecule has 0 aliphatic carbocycles. The van der Waals surface area contributed by atoms with E-state index in [1.807, 2.05) is 11.8 Å². The zero-order chi connectivity index (χ0) is 22.2. The predicted octanol–water partition coefficient (Wildman–Crippen LogP) is 3.29. The summed E-state index contributed by atoms with van der Waals surface area (Å²) in [5, 5.41) is 19.9. The molecule has 7 nitrogen and oxygen atoms in total. The Hall–Kier alpha value is -2.97.